The van der Waals surface area contributed by atoms with Gasteiger partial charge in [-0.25, -0.2) is 0 Å². The fraction of sp³-hybridized carbons (Fsp3) is 0.435. The molecule has 2 aromatic carbocycles. The molecule has 3 nitrogen and oxygen atoms in total. The largest absolute Gasteiger partial charge is 0.351 e. The Labute approximate surface area is 167 Å². The van der Waals surface area contributed by atoms with E-state index in [0.717, 1.165) is 12.3 Å². The number of carbonyl (C=O) groups excluding carboxylic acids is 1. The molecule has 1 heterocycles. The second-order valence-corrected chi connectivity index (χ2v) is 8.34. The van der Waals surface area contributed by atoms with E-state index in [1.165, 1.54) is 54.6 Å². The lowest BCUT2D eigenvalue weighted by Crippen LogP contribution is -2.29. The average Bonchev–Trinajstić information content (AvgIpc) is 2.69. The predicted octanol–water partition coefficient (Wildman–Crippen LogP) is 4.53. The minimum absolute atomic E-state index is 0.106. The van der Waals surface area contributed by atoms with E-state index in [1.54, 1.807) is 11.8 Å². The Hall–Kier alpha value is -1.78. The van der Waals surface area contributed by atoms with E-state index in [9.17, 15) is 4.79 Å². The molecule has 0 aromatic heterocycles. The molecule has 0 radical (unpaired) electrons. The Morgan fingerprint density at radius 1 is 1.04 bits per heavy atom. The van der Waals surface area contributed by atoms with E-state index in [1.807, 2.05) is 0 Å². The van der Waals surface area contributed by atoms with Crippen molar-refractivity contribution in [2.75, 3.05) is 18.8 Å². The molecule has 3 rings (SSSR count). The summed E-state index contributed by atoms with van der Waals surface area (Å²) in [5.74, 6) is 1.49. The fourth-order valence-corrected chi connectivity index (χ4v) is 4.42. The number of hydrogen-bond donors (Lipinski definition) is 1. The van der Waals surface area contributed by atoms with Gasteiger partial charge >= 0.3 is 0 Å². The van der Waals surface area contributed by atoms with Crippen LogP contribution in [-0.2, 0) is 23.6 Å². The van der Waals surface area contributed by atoms with Crippen LogP contribution in [0.2, 0.25) is 0 Å². The standard InChI is InChI=1S/C23H30N2OS/c1-19-8-3-4-11-22(19)17-27-18-23(26)24-15-20-9-7-10-21(14-20)16-25-12-5-2-6-13-25/h3-4,7-11,14H,2,5-6,12-13,15-18H2,1H3,(H,24,26). The molecule has 27 heavy (non-hydrogen) atoms. The van der Waals surface area contributed by atoms with E-state index >= 15 is 0 Å². The highest BCUT2D eigenvalue weighted by Crippen LogP contribution is 2.16. The van der Waals surface area contributed by atoms with Gasteiger partial charge in [0.1, 0.15) is 0 Å². The molecule has 1 aliphatic rings. The number of thioether (sulfide) groups is 1. The predicted molar refractivity (Wildman–Crippen MR) is 115 cm³/mol. The molecule has 1 saturated heterocycles. The lowest BCUT2D eigenvalue weighted by Gasteiger charge is -2.26. The highest BCUT2D eigenvalue weighted by molar-refractivity contribution is 7.99. The zero-order chi connectivity index (χ0) is 18.9. The van der Waals surface area contributed by atoms with Gasteiger partial charge in [0, 0.05) is 18.8 Å². The van der Waals surface area contributed by atoms with Gasteiger partial charge in [-0.3, -0.25) is 9.69 Å². The zero-order valence-corrected chi connectivity index (χ0v) is 17.1. The van der Waals surface area contributed by atoms with Crippen LogP contribution in [0.25, 0.3) is 0 Å². The molecule has 0 spiro atoms. The fourth-order valence-electron chi connectivity index (χ4n) is 3.49. The first kappa shape index (κ1) is 20.0. The van der Waals surface area contributed by atoms with Crippen LogP contribution in [0.4, 0.5) is 0 Å². The molecule has 0 aliphatic carbocycles. The van der Waals surface area contributed by atoms with Gasteiger partial charge < -0.3 is 5.32 Å². The summed E-state index contributed by atoms with van der Waals surface area (Å²) in [7, 11) is 0. The molecule has 0 saturated carbocycles. The number of amides is 1. The Morgan fingerprint density at radius 3 is 2.63 bits per heavy atom. The molecule has 1 aliphatic heterocycles. The lowest BCUT2D eigenvalue weighted by atomic mass is 10.1. The van der Waals surface area contributed by atoms with Crippen molar-refractivity contribution in [1.29, 1.82) is 0 Å². The van der Waals surface area contributed by atoms with Gasteiger partial charge in [0.05, 0.1) is 5.75 Å². The third-order valence-corrected chi connectivity index (χ3v) is 6.07. The zero-order valence-electron chi connectivity index (χ0n) is 16.2. The number of carbonyl (C=O) groups is 1. The summed E-state index contributed by atoms with van der Waals surface area (Å²) < 4.78 is 0. The second-order valence-electron chi connectivity index (χ2n) is 7.35. The van der Waals surface area contributed by atoms with Gasteiger partial charge in [0.2, 0.25) is 5.91 Å². The van der Waals surface area contributed by atoms with E-state index < -0.39 is 0 Å². The molecule has 1 fully saturated rings. The van der Waals surface area contributed by atoms with Crippen molar-refractivity contribution < 1.29 is 4.79 Å². The first-order valence-corrected chi connectivity index (χ1v) is 11.1. The lowest BCUT2D eigenvalue weighted by molar-refractivity contribution is -0.118. The van der Waals surface area contributed by atoms with Gasteiger partial charge in [-0.05, 0) is 55.1 Å². The number of hydrogen-bond acceptors (Lipinski definition) is 3. The SMILES string of the molecule is Cc1ccccc1CSCC(=O)NCc1cccc(CN2CCCCC2)c1. The summed E-state index contributed by atoms with van der Waals surface area (Å²) in [5, 5.41) is 3.06. The van der Waals surface area contributed by atoms with Crippen molar-refractivity contribution in [3.8, 4) is 0 Å². The summed E-state index contributed by atoms with van der Waals surface area (Å²) in [6.45, 7) is 6.16. The van der Waals surface area contributed by atoms with Crippen molar-refractivity contribution in [3.05, 3.63) is 70.8 Å². The number of piperidine rings is 1. The number of likely N-dealkylation sites (tertiary alicyclic amines) is 1. The number of nitrogens with zero attached hydrogens (tertiary/aromatic N) is 1. The van der Waals surface area contributed by atoms with Crippen LogP contribution in [0.15, 0.2) is 48.5 Å². The molecule has 1 amide bonds. The van der Waals surface area contributed by atoms with Crippen LogP contribution >= 0.6 is 11.8 Å². The third-order valence-electron chi connectivity index (χ3n) is 5.09. The molecular weight excluding hydrogens is 352 g/mol. The van der Waals surface area contributed by atoms with Crippen LogP contribution in [0.5, 0.6) is 0 Å². The Kier molecular flexibility index (Phi) is 7.79. The Morgan fingerprint density at radius 2 is 1.81 bits per heavy atom. The van der Waals surface area contributed by atoms with Crippen molar-refractivity contribution in [2.24, 2.45) is 0 Å². The van der Waals surface area contributed by atoms with Gasteiger partial charge in [-0.15, -0.1) is 11.8 Å². The quantitative estimate of drug-likeness (QED) is 0.728. The summed E-state index contributed by atoms with van der Waals surface area (Å²) >= 11 is 1.67. The van der Waals surface area contributed by atoms with Crippen LogP contribution < -0.4 is 5.32 Å². The first-order chi connectivity index (χ1) is 13.2. The molecular formula is C23H30N2OS. The molecule has 0 unspecified atom stereocenters. The van der Waals surface area contributed by atoms with Crippen LogP contribution in [0.3, 0.4) is 0 Å². The van der Waals surface area contributed by atoms with E-state index in [-0.39, 0.29) is 5.91 Å². The molecule has 0 bridgehead atoms. The molecule has 144 valence electrons. The Bertz CT molecular complexity index is 741. The number of nitrogens with one attached hydrogen (secondary N) is 1. The van der Waals surface area contributed by atoms with Crippen molar-refractivity contribution in [3.63, 3.8) is 0 Å². The van der Waals surface area contributed by atoms with E-state index in [0.29, 0.717) is 12.3 Å². The van der Waals surface area contributed by atoms with Crippen LogP contribution in [-0.4, -0.2) is 29.6 Å². The number of rotatable bonds is 8. The topological polar surface area (TPSA) is 32.3 Å². The minimum atomic E-state index is 0.106. The van der Waals surface area contributed by atoms with Crippen molar-refractivity contribution >= 4 is 17.7 Å². The number of aryl methyl sites for hydroxylation is 1. The van der Waals surface area contributed by atoms with Gasteiger partial charge in [0.15, 0.2) is 0 Å². The highest BCUT2D eigenvalue weighted by atomic mass is 32.2. The summed E-state index contributed by atoms with van der Waals surface area (Å²) in [6.07, 6.45) is 4.00. The molecule has 2 aromatic rings. The summed E-state index contributed by atoms with van der Waals surface area (Å²) in [5.41, 5.74) is 5.12. The van der Waals surface area contributed by atoms with Crippen LogP contribution in [0.1, 0.15) is 41.5 Å². The third kappa shape index (κ3) is 6.71. The van der Waals surface area contributed by atoms with E-state index in [4.69, 9.17) is 0 Å². The van der Waals surface area contributed by atoms with Gasteiger partial charge in [-0.1, -0.05) is 55.0 Å². The van der Waals surface area contributed by atoms with Gasteiger partial charge in [0.25, 0.3) is 0 Å². The van der Waals surface area contributed by atoms with E-state index in [2.05, 4.69) is 65.7 Å². The minimum Gasteiger partial charge on any atom is -0.351 e. The normalized spacial score (nSPS) is 14.9. The maximum atomic E-state index is 12.2. The summed E-state index contributed by atoms with van der Waals surface area (Å²) in [4.78, 5) is 14.7. The second kappa shape index (κ2) is 10.5. The van der Waals surface area contributed by atoms with Crippen molar-refractivity contribution in [1.82, 2.24) is 10.2 Å². The smallest absolute Gasteiger partial charge is 0.230 e. The highest BCUT2D eigenvalue weighted by Gasteiger charge is 2.10. The first-order valence-electron chi connectivity index (χ1n) is 9.90. The van der Waals surface area contributed by atoms with Crippen molar-refractivity contribution in [2.45, 2.75) is 45.0 Å². The molecule has 1 N–H and O–H groups in total. The maximum absolute atomic E-state index is 12.2. The molecule has 4 heteroatoms. The van der Waals surface area contributed by atoms with Crippen LogP contribution in [0, 0.1) is 6.92 Å². The maximum Gasteiger partial charge on any atom is 0.230 e. The molecule has 0 atom stereocenters. The average molecular weight is 383 g/mol. The summed E-state index contributed by atoms with van der Waals surface area (Å²) in [6, 6.07) is 17.0. The Balaban J connectivity index is 1.40. The monoisotopic (exact) mass is 382 g/mol. The van der Waals surface area contributed by atoms with Gasteiger partial charge in [-0.2, -0.15) is 0 Å². The number of benzene rings is 2.